The molecule has 0 saturated carbocycles. The van der Waals surface area contributed by atoms with Gasteiger partial charge in [0.25, 0.3) is 5.91 Å². The van der Waals surface area contributed by atoms with Crippen molar-refractivity contribution >= 4 is 5.91 Å². The van der Waals surface area contributed by atoms with Gasteiger partial charge in [0, 0.05) is 5.56 Å². The highest BCUT2D eigenvalue weighted by Gasteiger charge is 2.21. The van der Waals surface area contributed by atoms with E-state index in [1.807, 2.05) is 74.5 Å². The first kappa shape index (κ1) is 15.1. The predicted molar refractivity (Wildman–Crippen MR) is 90.4 cm³/mol. The van der Waals surface area contributed by atoms with Crippen LogP contribution in [-0.2, 0) is 0 Å². The van der Waals surface area contributed by atoms with E-state index in [0.29, 0.717) is 11.3 Å². The van der Waals surface area contributed by atoms with Gasteiger partial charge in [-0.25, -0.2) is 0 Å². The molecule has 3 nitrogen and oxygen atoms in total. The van der Waals surface area contributed by atoms with Gasteiger partial charge in [-0.05, 0) is 25.0 Å². The number of rotatable bonds is 4. The zero-order valence-corrected chi connectivity index (χ0v) is 13.2. The van der Waals surface area contributed by atoms with Crippen LogP contribution in [-0.4, -0.2) is 5.91 Å². The van der Waals surface area contributed by atoms with Gasteiger partial charge in [0.2, 0.25) is 0 Å². The van der Waals surface area contributed by atoms with Crippen molar-refractivity contribution < 1.29 is 9.21 Å². The lowest BCUT2D eigenvalue weighted by molar-refractivity contribution is 0.0941. The largest absolute Gasteiger partial charge is 0.469 e. The molecule has 1 heterocycles. The summed E-state index contributed by atoms with van der Waals surface area (Å²) < 4.78 is 5.35. The zero-order chi connectivity index (χ0) is 16.2. The van der Waals surface area contributed by atoms with E-state index in [0.717, 1.165) is 16.7 Å². The molecule has 0 atom stereocenters. The molecule has 0 fully saturated rings. The Morgan fingerprint density at radius 1 is 0.913 bits per heavy atom. The van der Waals surface area contributed by atoms with Crippen LogP contribution in [0.1, 0.15) is 38.9 Å². The summed E-state index contributed by atoms with van der Waals surface area (Å²) in [6.45, 7) is 3.69. The molecule has 0 aliphatic heterocycles. The summed E-state index contributed by atoms with van der Waals surface area (Å²) in [6.07, 6.45) is 1.62. The Morgan fingerprint density at radius 3 is 1.87 bits per heavy atom. The second kappa shape index (κ2) is 6.53. The van der Waals surface area contributed by atoms with E-state index in [1.54, 1.807) is 6.26 Å². The summed E-state index contributed by atoms with van der Waals surface area (Å²) in [5.41, 5.74) is 3.55. The van der Waals surface area contributed by atoms with E-state index in [1.165, 1.54) is 0 Å². The van der Waals surface area contributed by atoms with E-state index in [-0.39, 0.29) is 11.9 Å². The van der Waals surface area contributed by atoms with Gasteiger partial charge in [0.05, 0.1) is 17.9 Å². The van der Waals surface area contributed by atoms with E-state index < -0.39 is 0 Å². The number of carbonyl (C=O) groups is 1. The number of carbonyl (C=O) groups excluding carboxylic acids is 1. The third kappa shape index (κ3) is 3.19. The summed E-state index contributed by atoms with van der Waals surface area (Å²) in [4.78, 5) is 12.7. The normalized spacial score (nSPS) is 10.7. The van der Waals surface area contributed by atoms with Gasteiger partial charge in [-0.1, -0.05) is 60.7 Å². The summed E-state index contributed by atoms with van der Waals surface area (Å²) >= 11 is 0. The summed E-state index contributed by atoms with van der Waals surface area (Å²) in [5.74, 6) is 0.520. The van der Waals surface area contributed by atoms with Crippen molar-refractivity contribution in [2.24, 2.45) is 0 Å². The maximum Gasteiger partial charge on any atom is 0.255 e. The molecule has 23 heavy (non-hydrogen) atoms. The van der Waals surface area contributed by atoms with E-state index in [4.69, 9.17) is 4.42 Å². The topological polar surface area (TPSA) is 42.2 Å². The predicted octanol–water partition coefficient (Wildman–Crippen LogP) is 4.42. The van der Waals surface area contributed by atoms with Crippen molar-refractivity contribution in [3.8, 4) is 0 Å². The zero-order valence-electron chi connectivity index (χ0n) is 13.2. The van der Waals surface area contributed by atoms with Crippen LogP contribution in [0.25, 0.3) is 0 Å². The van der Waals surface area contributed by atoms with Crippen LogP contribution in [0.15, 0.2) is 71.3 Å². The third-order valence-corrected chi connectivity index (χ3v) is 3.93. The standard InChI is InChI=1S/C20H19NO2/c1-14-13-23-15(2)18(14)20(22)21-19(16-9-5-3-6-10-16)17-11-7-4-8-12-17/h3-13,19H,1-2H3,(H,21,22). The van der Waals surface area contributed by atoms with E-state index >= 15 is 0 Å². The molecule has 0 saturated heterocycles. The van der Waals surface area contributed by atoms with E-state index in [2.05, 4.69) is 5.32 Å². The van der Waals surface area contributed by atoms with Crippen LogP contribution in [0.5, 0.6) is 0 Å². The second-order valence-corrected chi connectivity index (χ2v) is 5.58. The fraction of sp³-hybridized carbons (Fsp3) is 0.150. The van der Waals surface area contributed by atoms with Crippen molar-refractivity contribution in [1.29, 1.82) is 0 Å². The first-order valence-electron chi connectivity index (χ1n) is 7.62. The molecule has 1 amide bonds. The summed E-state index contributed by atoms with van der Waals surface area (Å²) in [5, 5.41) is 3.13. The number of furan rings is 1. The van der Waals surface area contributed by atoms with Gasteiger partial charge < -0.3 is 9.73 Å². The molecule has 3 aromatic rings. The average molecular weight is 305 g/mol. The molecule has 0 bridgehead atoms. The average Bonchev–Trinajstić information content (AvgIpc) is 2.93. The van der Waals surface area contributed by atoms with Gasteiger partial charge in [-0.15, -0.1) is 0 Å². The first-order valence-corrected chi connectivity index (χ1v) is 7.62. The molecule has 3 rings (SSSR count). The van der Waals surface area contributed by atoms with Crippen LogP contribution < -0.4 is 5.32 Å². The van der Waals surface area contributed by atoms with Crippen molar-refractivity contribution in [3.05, 3.63) is 94.9 Å². The van der Waals surface area contributed by atoms with Crippen molar-refractivity contribution in [1.82, 2.24) is 5.32 Å². The summed E-state index contributed by atoms with van der Waals surface area (Å²) in [7, 11) is 0. The summed E-state index contributed by atoms with van der Waals surface area (Å²) in [6, 6.07) is 19.7. The molecular weight excluding hydrogens is 286 g/mol. The highest BCUT2D eigenvalue weighted by Crippen LogP contribution is 2.23. The maximum absolute atomic E-state index is 12.7. The number of hydrogen-bond donors (Lipinski definition) is 1. The number of amides is 1. The van der Waals surface area contributed by atoms with Gasteiger partial charge in [0.15, 0.2) is 0 Å². The lowest BCUT2D eigenvalue weighted by atomic mass is 9.98. The lowest BCUT2D eigenvalue weighted by Crippen LogP contribution is -2.29. The molecular formula is C20H19NO2. The number of hydrogen-bond acceptors (Lipinski definition) is 2. The van der Waals surface area contributed by atoms with Gasteiger partial charge in [-0.3, -0.25) is 4.79 Å². The Labute approximate surface area is 136 Å². The quantitative estimate of drug-likeness (QED) is 0.775. The Morgan fingerprint density at radius 2 is 1.43 bits per heavy atom. The SMILES string of the molecule is Cc1coc(C)c1C(=O)NC(c1ccccc1)c1ccccc1. The molecule has 0 spiro atoms. The third-order valence-electron chi connectivity index (χ3n) is 3.93. The maximum atomic E-state index is 12.7. The van der Waals surface area contributed by atoms with Gasteiger partial charge >= 0.3 is 0 Å². The van der Waals surface area contributed by atoms with Crippen LogP contribution >= 0.6 is 0 Å². The molecule has 2 aromatic carbocycles. The number of aryl methyl sites for hydroxylation is 2. The van der Waals surface area contributed by atoms with Crippen LogP contribution in [0.3, 0.4) is 0 Å². The molecule has 0 radical (unpaired) electrons. The Kier molecular flexibility index (Phi) is 4.29. The Bertz CT molecular complexity index is 732. The van der Waals surface area contributed by atoms with Crippen molar-refractivity contribution in [2.45, 2.75) is 19.9 Å². The van der Waals surface area contributed by atoms with E-state index in [9.17, 15) is 4.79 Å². The minimum absolute atomic E-state index is 0.119. The van der Waals surface area contributed by atoms with Crippen molar-refractivity contribution in [3.63, 3.8) is 0 Å². The minimum Gasteiger partial charge on any atom is -0.469 e. The molecule has 1 N–H and O–H groups in total. The van der Waals surface area contributed by atoms with Gasteiger partial charge in [-0.2, -0.15) is 0 Å². The Balaban J connectivity index is 1.95. The van der Waals surface area contributed by atoms with Crippen molar-refractivity contribution in [2.75, 3.05) is 0 Å². The number of nitrogens with one attached hydrogen (secondary N) is 1. The minimum atomic E-state index is -0.196. The fourth-order valence-electron chi connectivity index (χ4n) is 2.76. The monoisotopic (exact) mass is 305 g/mol. The van der Waals surface area contributed by atoms with Crippen LogP contribution in [0.2, 0.25) is 0 Å². The molecule has 0 unspecified atom stereocenters. The van der Waals surface area contributed by atoms with Gasteiger partial charge in [0.1, 0.15) is 5.76 Å². The first-order chi connectivity index (χ1) is 11.2. The van der Waals surface area contributed by atoms with Crippen LogP contribution in [0.4, 0.5) is 0 Å². The molecule has 1 aromatic heterocycles. The highest BCUT2D eigenvalue weighted by atomic mass is 16.3. The Hall–Kier alpha value is -2.81. The lowest BCUT2D eigenvalue weighted by Gasteiger charge is -2.20. The molecule has 0 aliphatic rings. The number of benzene rings is 2. The highest BCUT2D eigenvalue weighted by molar-refractivity contribution is 5.97. The molecule has 116 valence electrons. The van der Waals surface area contributed by atoms with Crippen LogP contribution in [0, 0.1) is 13.8 Å². The smallest absolute Gasteiger partial charge is 0.255 e. The fourth-order valence-corrected chi connectivity index (χ4v) is 2.76. The molecule has 0 aliphatic carbocycles. The second-order valence-electron chi connectivity index (χ2n) is 5.58. The molecule has 3 heteroatoms.